The molecule has 0 aromatic carbocycles. The molecule has 0 unspecified atom stereocenters. The summed E-state index contributed by atoms with van der Waals surface area (Å²) in [5.74, 6) is 1.12. The molecular formula is C15H11N5O3. The van der Waals surface area contributed by atoms with Crippen LogP contribution in [0.25, 0.3) is 11.3 Å². The lowest BCUT2D eigenvalue weighted by molar-refractivity contribution is -0.389. The van der Waals surface area contributed by atoms with Gasteiger partial charge in [-0.2, -0.15) is 0 Å². The zero-order chi connectivity index (χ0) is 16.2. The third-order valence-corrected chi connectivity index (χ3v) is 2.96. The van der Waals surface area contributed by atoms with Crippen molar-refractivity contribution in [2.45, 2.75) is 0 Å². The van der Waals surface area contributed by atoms with E-state index in [1.807, 2.05) is 6.07 Å². The molecule has 3 heterocycles. The second kappa shape index (κ2) is 6.06. The first kappa shape index (κ1) is 14.4. The number of pyridine rings is 3. The van der Waals surface area contributed by atoms with Gasteiger partial charge in [0.2, 0.25) is 0 Å². The van der Waals surface area contributed by atoms with E-state index in [1.54, 1.807) is 30.6 Å². The zero-order valence-corrected chi connectivity index (χ0v) is 11.8. The van der Waals surface area contributed by atoms with Gasteiger partial charge in [0.1, 0.15) is 11.6 Å². The summed E-state index contributed by atoms with van der Waals surface area (Å²) >= 11 is 0. The molecule has 0 aliphatic carbocycles. The van der Waals surface area contributed by atoms with Gasteiger partial charge in [0.15, 0.2) is 11.9 Å². The van der Waals surface area contributed by atoms with Gasteiger partial charge >= 0.3 is 5.82 Å². The number of nitrogens with two attached hydrogens (primary N) is 1. The van der Waals surface area contributed by atoms with E-state index in [0.717, 1.165) is 5.56 Å². The Balaban J connectivity index is 1.82. The Bertz CT molecular complexity index is 834. The second-order valence-corrected chi connectivity index (χ2v) is 4.56. The Morgan fingerprint density at radius 3 is 2.52 bits per heavy atom. The number of ether oxygens (including phenoxy) is 1. The lowest BCUT2D eigenvalue weighted by atomic mass is 10.2. The molecule has 114 valence electrons. The van der Waals surface area contributed by atoms with E-state index >= 15 is 0 Å². The molecule has 0 saturated heterocycles. The monoisotopic (exact) mass is 309 g/mol. The predicted molar refractivity (Wildman–Crippen MR) is 82.8 cm³/mol. The minimum Gasteiger partial charge on any atom is -0.453 e. The molecule has 3 aromatic rings. The van der Waals surface area contributed by atoms with Crippen LogP contribution in [0.5, 0.6) is 11.5 Å². The van der Waals surface area contributed by atoms with Crippen molar-refractivity contribution in [2.24, 2.45) is 0 Å². The molecule has 0 amide bonds. The van der Waals surface area contributed by atoms with Crippen molar-refractivity contribution in [1.29, 1.82) is 0 Å². The highest BCUT2D eigenvalue weighted by Crippen LogP contribution is 2.25. The highest BCUT2D eigenvalue weighted by molar-refractivity contribution is 5.60. The van der Waals surface area contributed by atoms with Crippen LogP contribution in [0.4, 0.5) is 11.6 Å². The number of nitrogen functional groups attached to an aromatic ring is 1. The number of rotatable bonds is 4. The second-order valence-electron chi connectivity index (χ2n) is 4.56. The van der Waals surface area contributed by atoms with Crippen LogP contribution < -0.4 is 10.5 Å². The molecule has 0 spiro atoms. The summed E-state index contributed by atoms with van der Waals surface area (Å²) in [6.45, 7) is 0. The first-order valence-corrected chi connectivity index (χ1v) is 6.58. The average molecular weight is 309 g/mol. The third kappa shape index (κ3) is 3.38. The number of nitro groups is 1. The summed E-state index contributed by atoms with van der Waals surface area (Å²) in [6, 6.07) is 9.66. The van der Waals surface area contributed by atoms with E-state index in [1.165, 1.54) is 18.3 Å². The molecule has 23 heavy (non-hydrogen) atoms. The van der Waals surface area contributed by atoms with Crippen LogP contribution in [0.3, 0.4) is 0 Å². The molecule has 0 aliphatic heterocycles. The molecule has 3 aromatic heterocycles. The van der Waals surface area contributed by atoms with Crippen LogP contribution in [0, 0.1) is 10.1 Å². The lowest BCUT2D eigenvalue weighted by Gasteiger charge is -2.06. The summed E-state index contributed by atoms with van der Waals surface area (Å²) in [4.78, 5) is 22.0. The molecule has 0 fully saturated rings. The van der Waals surface area contributed by atoms with Gasteiger partial charge in [0.25, 0.3) is 0 Å². The molecule has 2 N–H and O–H groups in total. The van der Waals surface area contributed by atoms with Crippen molar-refractivity contribution in [3.05, 3.63) is 65.1 Å². The van der Waals surface area contributed by atoms with Crippen LogP contribution >= 0.6 is 0 Å². The van der Waals surface area contributed by atoms with Gasteiger partial charge in [-0.25, -0.2) is 4.98 Å². The van der Waals surface area contributed by atoms with E-state index in [9.17, 15) is 10.1 Å². The van der Waals surface area contributed by atoms with Crippen molar-refractivity contribution in [1.82, 2.24) is 15.0 Å². The smallest absolute Gasteiger partial charge is 0.363 e. The minimum absolute atomic E-state index is 0.235. The van der Waals surface area contributed by atoms with E-state index in [-0.39, 0.29) is 5.82 Å². The Hall–Kier alpha value is -3.55. The van der Waals surface area contributed by atoms with Gasteiger partial charge in [-0.05, 0) is 34.2 Å². The van der Waals surface area contributed by atoms with Crippen molar-refractivity contribution >= 4 is 11.6 Å². The van der Waals surface area contributed by atoms with Gasteiger partial charge < -0.3 is 20.6 Å². The largest absolute Gasteiger partial charge is 0.453 e. The average Bonchev–Trinajstić information content (AvgIpc) is 2.56. The van der Waals surface area contributed by atoms with E-state index in [2.05, 4.69) is 15.0 Å². The molecule has 0 atom stereocenters. The molecule has 0 saturated carbocycles. The van der Waals surface area contributed by atoms with Gasteiger partial charge in [-0.15, -0.1) is 0 Å². The standard InChI is InChI=1S/C15H11N5O3/c16-14-3-1-10(8-18-14)13-7-11(5-6-17-13)23-12-2-4-15(19-9-12)20(21)22/h1-9H,(H2,16,18). The van der Waals surface area contributed by atoms with Gasteiger partial charge in [0.05, 0.1) is 5.69 Å². The first-order valence-electron chi connectivity index (χ1n) is 6.58. The van der Waals surface area contributed by atoms with E-state index < -0.39 is 4.92 Å². The fourth-order valence-electron chi connectivity index (χ4n) is 1.87. The number of anilines is 1. The van der Waals surface area contributed by atoms with Gasteiger partial charge in [0, 0.05) is 30.1 Å². The van der Waals surface area contributed by atoms with Crippen LogP contribution in [0.2, 0.25) is 0 Å². The Kier molecular flexibility index (Phi) is 3.79. The molecule has 0 bridgehead atoms. The molecule has 3 rings (SSSR count). The maximum Gasteiger partial charge on any atom is 0.363 e. The summed E-state index contributed by atoms with van der Waals surface area (Å²) in [6.07, 6.45) is 4.51. The topological polar surface area (TPSA) is 117 Å². The zero-order valence-electron chi connectivity index (χ0n) is 11.8. The summed E-state index contributed by atoms with van der Waals surface area (Å²) in [5.41, 5.74) is 7.03. The molecule has 8 nitrogen and oxygen atoms in total. The predicted octanol–water partition coefficient (Wildman–Crippen LogP) is 2.82. The lowest BCUT2D eigenvalue weighted by Crippen LogP contribution is -1.93. The normalized spacial score (nSPS) is 10.3. The molecule has 8 heteroatoms. The van der Waals surface area contributed by atoms with Gasteiger partial charge in [-0.1, -0.05) is 0 Å². The Labute approximate surface area is 130 Å². The van der Waals surface area contributed by atoms with Crippen molar-refractivity contribution in [3.63, 3.8) is 0 Å². The van der Waals surface area contributed by atoms with Crippen molar-refractivity contribution in [2.75, 3.05) is 5.73 Å². The highest BCUT2D eigenvalue weighted by atomic mass is 16.6. The number of aromatic nitrogens is 3. The third-order valence-electron chi connectivity index (χ3n) is 2.96. The van der Waals surface area contributed by atoms with Crippen LogP contribution in [-0.2, 0) is 0 Å². The van der Waals surface area contributed by atoms with Crippen molar-refractivity contribution < 1.29 is 9.66 Å². The minimum atomic E-state index is -0.567. The highest BCUT2D eigenvalue weighted by Gasteiger charge is 2.08. The summed E-state index contributed by atoms with van der Waals surface area (Å²) < 4.78 is 5.63. The van der Waals surface area contributed by atoms with Crippen molar-refractivity contribution in [3.8, 4) is 22.8 Å². The maximum atomic E-state index is 10.6. The fraction of sp³-hybridized carbons (Fsp3) is 0. The van der Waals surface area contributed by atoms with Crippen LogP contribution in [0.1, 0.15) is 0 Å². The number of nitrogens with zero attached hydrogens (tertiary/aromatic N) is 4. The summed E-state index contributed by atoms with van der Waals surface area (Å²) in [5, 5.41) is 10.6. The fourth-order valence-corrected chi connectivity index (χ4v) is 1.87. The SMILES string of the molecule is Nc1ccc(-c2cc(Oc3ccc([N+](=O)[O-])nc3)ccn2)cn1. The quantitative estimate of drug-likeness (QED) is 0.581. The van der Waals surface area contributed by atoms with Crippen LogP contribution in [-0.4, -0.2) is 19.9 Å². The molecule has 0 radical (unpaired) electrons. The molecule has 0 aliphatic rings. The Morgan fingerprint density at radius 2 is 1.87 bits per heavy atom. The molecular weight excluding hydrogens is 298 g/mol. The number of hydrogen-bond donors (Lipinski definition) is 1. The number of hydrogen-bond acceptors (Lipinski definition) is 7. The van der Waals surface area contributed by atoms with Gasteiger partial charge in [-0.3, -0.25) is 4.98 Å². The van der Waals surface area contributed by atoms with E-state index in [4.69, 9.17) is 10.5 Å². The first-order chi connectivity index (χ1) is 11.1. The maximum absolute atomic E-state index is 10.6. The van der Waals surface area contributed by atoms with Crippen LogP contribution in [0.15, 0.2) is 55.0 Å². The Morgan fingerprint density at radius 1 is 1.00 bits per heavy atom. The van der Waals surface area contributed by atoms with E-state index in [0.29, 0.717) is 23.0 Å². The summed E-state index contributed by atoms with van der Waals surface area (Å²) in [7, 11) is 0.